The maximum Gasteiger partial charge on any atom is 0.322 e. The second-order valence-corrected chi connectivity index (χ2v) is 13.2. The lowest BCUT2D eigenvalue weighted by Crippen LogP contribution is -2.43. The van der Waals surface area contributed by atoms with Crippen molar-refractivity contribution in [2.45, 2.75) is 35.7 Å². The molecule has 0 radical (unpaired) electrons. The van der Waals surface area contributed by atoms with E-state index in [-0.39, 0.29) is 21.3 Å². The zero-order chi connectivity index (χ0) is 25.5. The first-order chi connectivity index (χ1) is 15.8. The second-order valence-electron chi connectivity index (χ2n) is 7.22. The van der Waals surface area contributed by atoms with Crippen molar-refractivity contribution in [1.82, 2.24) is 9.44 Å². The fraction of sp³-hybridized carbons (Fsp3) is 0.300. The minimum Gasteiger partial charge on any atom is -0.480 e. The van der Waals surface area contributed by atoms with Gasteiger partial charge in [-0.05, 0) is 38.1 Å². The van der Waals surface area contributed by atoms with Crippen molar-refractivity contribution in [2.75, 3.05) is 11.5 Å². The van der Waals surface area contributed by atoms with Gasteiger partial charge < -0.3 is 10.2 Å². The number of aryl methyl sites for hydroxylation is 2. The highest BCUT2D eigenvalue weighted by Gasteiger charge is 2.28. The van der Waals surface area contributed by atoms with Gasteiger partial charge in [0.1, 0.15) is 12.1 Å². The third-order valence-corrected chi connectivity index (χ3v) is 9.80. The number of nitrogens with one attached hydrogen (secondary N) is 2. The van der Waals surface area contributed by atoms with E-state index in [1.807, 2.05) is 0 Å². The molecule has 0 saturated carbocycles. The zero-order valence-electron chi connectivity index (χ0n) is 18.2. The van der Waals surface area contributed by atoms with Gasteiger partial charge in [-0.2, -0.15) is 9.44 Å². The summed E-state index contributed by atoms with van der Waals surface area (Å²) < 4.78 is 54.1. The Morgan fingerprint density at radius 1 is 0.706 bits per heavy atom. The molecule has 2 atom stereocenters. The normalized spacial score (nSPS) is 13.8. The Morgan fingerprint density at radius 2 is 1.00 bits per heavy atom. The maximum atomic E-state index is 12.5. The monoisotopic (exact) mass is 548 g/mol. The van der Waals surface area contributed by atoms with Crippen molar-refractivity contribution in [3.8, 4) is 0 Å². The molecule has 2 aromatic carbocycles. The number of benzene rings is 2. The molecule has 0 fully saturated rings. The SMILES string of the molecule is Cc1ccc(S(=O)(=O)N[C@H](CSSC[C@@H](NS(=O)(=O)c2ccc(C)cc2)C(=O)O)C(=O)O)cc1. The van der Waals surface area contributed by atoms with Crippen LogP contribution in [0.2, 0.25) is 0 Å². The maximum absolute atomic E-state index is 12.5. The molecule has 34 heavy (non-hydrogen) atoms. The van der Waals surface area contributed by atoms with Crippen LogP contribution in [0.25, 0.3) is 0 Å². The minimum atomic E-state index is -4.09. The van der Waals surface area contributed by atoms with Gasteiger partial charge in [0.05, 0.1) is 9.79 Å². The van der Waals surface area contributed by atoms with Gasteiger partial charge in [0.15, 0.2) is 0 Å². The Bertz CT molecular complexity index is 1120. The van der Waals surface area contributed by atoms with Crippen LogP contribution in [0.1, 0.15) is 11.1 Å². The molecule has 0 saturated heterocycles. The summed E-state index contributed by atoms with van der Waals surface area (Å²) in [5, 5.41) is 18.8. The average Bonchev–Trinajstić information content (AvgIpc) is 2.75. The van der Waals surface area contributed by atoms with Gasteiger partial charge in [-0.25, -0.2) is 16.8 Å². The molecule has 0 amide bonds. The largest absolute Gasteiger partial charge is 0.480 e. The Hall–Kier alpha value is -2.10. The van der Waals surface area contributed by atoms with Gasteiger partial charge in [-0.1, -0.05) is 57.0 Å². The fourth-order valence-electron chi connectivity index (χ4n) is 2.49. The van der Waals surface area contributed by atoms with Gasteiger partial charge in [-0.15, -0.1) is 0 Å². The predicted molar refractivity (Wildman–Crippen MR) is 131 cm³/mol. The van der Waals surface area contributed by atoms with Crippen LogP contribution in [0.3, 0.4) is 0 Å². The van der Waals surface area contributed by atoms with Crippen LogP contribution < -0.4 is 9.44 Å². The highest BCUT2D eigenvalue weighted by atomic mass is 33.1. The van der Waals surface area contributed by atoms with E-state index in [0.29, 0.717) is 0 Å². The number of rotatable bonds is 13. The van der Waals surface area contributed by atoms with Crippen molar-refractivity contribution >= 4 is 53.6 Å². The second kappa shape index (κ2) is 12.0. The molecule has 2 aromatic rings. The summed E-state index contributed by atoms with van der Waals surface area (Å²) in [5.41, 5.74) is 1.68. The Labute approximate surface area is 206 Å². The van der Waals surface area contributed by atoms with Crippen LogP contribution in [-0.4, -0.2) is 62.6 Å². The van der Waals surface area contributed by atoms with Crippen LogP contribution in [0, 0.1) is 13.8 Å². The summed E-state index contributed by atoms with van der Waals surface area (Å²) in [7, 11) is -6.35. The number of hydrogen-bond acceptors (Lipinski definition) is 8. The summed E-state index contributed by atoms with van der Waals surface area (Å²) in [6.45, 7) is 3.56. The van der Waals surface area contributed by atoms with Gasteiger partial charge in [0, 0.05) is 11.5 Å². The van der Waals surface area contributed by atoms with Crippen molar-refractivity contribution in [1.29, 1.82) is 0 Å². The number of carboxylic acid groups (broad SMARTS) is 2. The van der Waals surface area contributed by atoms with Crippen LogP contribution in [0.15, 0.2) is 58.3 Å². The summed E-state index contributed by atoms with van der Waals surface area (Å²) in [6.07, 6.45) is 0. The molecule has 0 spiro atoms. The number of carbonyl (C=O) groups is 2. The van der Waals surface area contributed by atoms with E-state index in [4.69, 9.17) is 0 Å². The lowest BCUT2D eigenvalue weighted by molar-refractivity contribution is -0.139. The molecule has 0 aliphatic heterocycles. The van der Waals surface area contributed by atoms with E-state index in [0.717, 1.165) is 32.7 Å². The zero-order valence-corrected chi connectivity index (χ0v) is 21.4. The number of sulfonamides is 2. The summed E-state index contributed by atoms with van der Waals surface area (Å²) in [5.74, 6) is -3.25. The molecular formula is C20H24N2O8S4. The van der Waals surface area contributed by atoms with Crippen molar-refractivity contribution in [3.63, 3.8) is 0 Å². The van der Waals surface area contributed by atoms with Gasteiger partial charge in [-0.3, -0.25) is 9.59 Å². The summed E-state index contributed by atoms with van der Waals surface area (Å²) >= 11 is 0. The van der Waals surface area contributed by atoms with Crippen molar-refractivity contribution in [3.05, 3.63) is 59.7 Å². The summed E-state index contributed by atoms with van der Waals surface area (Å²) in [6, 6.07) is 8.81. The highest BCUT2D eigenvalue weighted by molar-refractivity contribution is 8.76. The molecule has 0 bridgehead atoms. The Morgan fingerprint density at radius 3 is 1.26 bits per heavy atom. The third kappa shape index (κ3) is 8.29. The summed E-state index contributed by atoms with van der Waals surface area (Å²) in [4.78, 5) is 22.9. The number of carboxylic acids is 2. The van der Waals surface area contributed by atoms with E-state index < -0.39 is 44.1 Å². The molecule has 0 aliphatic rings. The van der Waals surface area contributed by atoms with Gasteiger partial charge in [0.25, 0.3) is 0 Å². The van der Waals surface area contributed by atoms with Crippen LogP contribution in [-0.2, 0) is 29.6 Å². The molecule has 10 nitrogen and oxygen atoms in total. The molecule has 0 aliphatic carbocycles. The van der Waals surface area contributed by atoms with E-state index >= 15 is 0 Å². The van der Waals surface area contributed by atoms with Crippen molar-refractivity contribution in [2.24, 2.45) is 0 Å². The number of aliphatic carboxylic acids is 2. The first kappa shape index (κ1) is 28.1. The molecule has 2 rings (SSSR count). The molecule has 0 unspecified atom stereocenters. The molecular weight excluding hydrogens is 524 g/mol. The van der Waals surface area contributed by atoms with E-state index in [1.54, 1.807) is 38.1 Å². The smallest absolute Gasteiger partial charge is 0.322 e. The highest BCUT2D eigenvalue weighted by Crippen LogP contribution is 2.24. The van der Waals surface area contributed by atoms with E-state index in [2.05, 4.69) is 9.44 Å². The van der Waals surface area contributed by atoms with E-state index in [1.165, 1.54) is 24.3 Å². The molecule has 186 valence electrons. The lowest BCUT2D eigenvalue weighted by Gasteiger charge is -2.16. The quantitative estimate of drug-likeness (QED) is 0.214. The van der Waals surface area contributed by atoms with Gasteiger partial charge >= 0.3 is 11.9 Å². The van der Waals surface area contributed by atoms with E-state index in [9.17, 15) is 36.6 Å². The predicted octanol–water partition coefficient (Wildman–Crippen LogP) is 1.85. The molecule has 0 heterocycles. The fourth-order valence-corrected chi connectivity index (χ4v) is 7.39. The first-order valence-corrected chi connectivity index (χ1v) is 15.2. The molecule has 14 heteroatoms. The van der Waals surface area contributed by atoms with Gasteiger partial charge in [0.2, 0.25) is 20.0 Å². The number of hydrogen-bond donors (Lipinski definition) is 4. The third-order valence-electron chi connectivity index (χ3n) is 4.41. The standard InChI is InChI=1S/C20H24N2O8S4/c1-13-3-7-15(8-4-13)33(27,28)21-17(19(23)24)11-31-32-12-18(20(25)26)22-34(29,30)16-9-5-14(2)6-10-16/h3-10,17-18,21-22H,11-12H2,1-2H3,(H,23,24)(H,25,26)/t17-,18-/m1/s1. The molecule has 0 aromatic heterocycles. The minimum absolute atomic E-state index is 0.0848. The van der Waals surface area contributed by atoms with Crippen LogP contribution >= 0.6 is 21.6 Å². The topological polar surface area (TPSA) is 167 Å². The first-order valence-electron chi connectivity index (χ1n) is 9.70. The Balaban J connectivity index is 1.96. The molecule has 4 N–H and O–H groups in total. The average molecular weight is 549 g/mol. The lowest BCUT2D eigenvalue weighted by atomic mass is 10.2. The van der Waals surface area contributed by atoms with Crippen LogP contribution in [0.4, 0.5) is 0 Å². The Kier molecular flexibility index (Phi) is 9.96. The van der Waals surface area contributed by atoms with Crippen molar-refractivity contribution < 1.29 is 36.6 Å². The van der Waals surface area contributed by atoms with Crippen LogP contribution in [0.5, 0.6) is 0 Å².